The number of fused-ring (bicyclic) bond motifs is 5. The molecule has 19 nitrogen and oxygen atoms in total. The van der Waals surface area contributed by atoms with Crippen LogP contribution in [-0.2, 0) is 60.6 Å². The quantitative estimate of drug-likeness (QED) is 0.0825. The van der Waals surface area contributed by atoms with Gasteiger partial charge in [-0.3, -0.25) is 43.8 Å². The van der Waals surface area contributed by atoms with Gasteiger partial charge in [0.1, 0.15) is 46.5 Å². The van der Waals surface area contributed by atoms with E-state index in [1.54, 1.807) is 50.3 Å². The van der Waals surface area contributed by atoms with Gasteiger partial charge in [-0.2, -0.15) is 0 Å². The molecule has 0 radical (unpaired) electrons. The molecular formula is C53H65ClN4O15S. The molecule has 400 valence electrons. The number of likely N-dealkylation sites (N-methyl/N-ethyl adjacent to an activating group) is 1. The summed E-state index contributed by atoms with van der Waals surface area (Å²) in [4.78, 5) is 120. The van der Waals surface area contributed by atoms with Gasteiger partial charge in [-0.15, -0.1) is 11.8 Å². The summed E-state index contributed by atoms with van der Waals surface area (Å²) in [6.45, 7) is 6.86. The number of amides is 5. The Morgan fingerprint density at radius 3 is 2.46 bits per heavy atom. The van der Waals surface area contributed by atoms with E-state index in [1.807, 2.05) is 13.0 Å². The topological polar surface area (TPSA) is 245 Å². The molecule has 4 aliphatic rings. The third-order valence-corrected chi connectivity index (χ3v) is 15.9. The van der Waals surface area contributed by atoms with Gasteiger partial charge >= 0.3 is 12.1 Å². The second kappa shape index (κ2) is 24.6. The molecule has 2 aromatic rings. The number of aryl methyl sites for hydroxylation is 1. The van der Waals surface area contributed by atoms with Gasteiger partial charge in [0.2, 0.25) is 23.6 Å². The van der Waals surface area contributed by atoms with Crippen molar-refractivity contribution in [1.82, 2.24) is 15.1 Å². The zero-order valence-electron chi connectivity index (χ0n) is 42.9. The number of esters is 1. The fourth-order valence-corrected chi connectivity index (χ4v) is 11.0. The molecule has 21 heteroatoms. The molecule has 7 unspecified atom stereocenters. The molecule has 4 bridgehead atoms. The van der Waals surface area contributed by atoms with E-state index < -0.39 is 89.2 Å². The largest absolute Gasteiger partial charge is 0.495 e. The van der Waals surface area contributed by atoms with Gasteiger partial charge in [0, 0.05) is 82.7 Å². The van der Waals surface area contributed by atoms with Crippen LogP contribution < -0.4 is 15.0 Å². The van der Waals surface area contributed by atoms with Gasteiger partial charge < -0.3 is 38.6 Å². The molecule has 0 aromatic heterocycles. The highest BCUT2D eigenvalue weighted by molar-refractivity contribution is 8.00. The van der Waals surface area contributed by atoms with Crippen molar-refractivity contribution >= 4 is 83.1 Å². The predicted octanol–water partition coefficient (Wildman–Crippen LogP) is 5.37. The molecule has 4 heterocycles. The van der Waals surface area contributed by atoms with Crippen LogP contribution in [0.3, 0.4) is 0 Å². The number of anilines is 1. The number of carbonyl (C=O) groups is 9. The molecule has 0 aliphatic carbocycles. The third kappa shape index (κ3) is 13.3. The number of carbonyl (C=O) groups excluding carboxylic acids is 9. The fraction of sp³-hybridized carbons (Fsp3) is 0.528. The average Bonchev–Trinajstić information content (AvgIpc) is 4.00. The molecular weight excluding hydrogens is 1000 g/mol. The Bertz CT molecular complexity index is 2590. The zero-order chi connectivity index (χ0) is 54.2. The number of benzene rings is 2. The zero-order valence-corrected chi connectivity index (χ0v) is 44.5. The number of alkyl carbamates (subject to hydrolysis) is 1. The maximum absolute atomic E-state index is 14.4. The number of hydrogen-bond acceptors (Lipinski definition) is 16. The number of hydrogen-bond donors (Lipinski definition) is 2. The van der Waals surface area contributed by atoms with Crippen LogP contribution in [0, 0.1) is 5.92 Å². The van der Waals surface area contributed by atoms with E-state index in [0.29, 0.717) is 36.9 Å². The van der Waals surface area contributed by atoms with Crippen LogP contribution in [0.2, 0.25) is 5.02 Å². The molecule has 2 N–H and O–H groups in total. The van der Waals surface area contributed by atoms with Crippen molar-refractivity contribution in [2.75, 3.05) is 45.5 Å². The first-order valence-electron chi connectivity index (χ1n) is 24.4. The number of thioether (sulfide) groups is 1. The van der Waals surface area contributed by atoms with E-state index in [4.69, 9.17) is 35.3 Å². The Kier molecular flexibility index (Phi) is 19.1. The van der Waals surface area contributed by atoms with Gasteiger partial charge in [0.15, 0.2) is 18.3 Å². The lowest BCUT2D eigenvalue weighted by molar-refractivity contribution is -0.162. The Labute approximate surface area is 439 Å². The predicted molar refractivity (Wildman–Crippen MR) is 273 cm³/mol. The average molecular weight is 1070 g/mol. The van der Waals surface area contributed by atoms with Gasteiger partial charge in [-0.05, 0) is 69.4 Å². The van der Waals surface area contributed by atoms with Crippen molar-refractivity contribution in [3.63, 3.8) is 0 Å². The second-order valence-corrected chi connectivity index (χ2v) is 21.1. The molecule has 6 rings (SSSR count). The van der Waals surface area contributed by atoms with Crippen LogP contribution in [0.5, 0.6) is 5.75 Å². The maximum Gasteiger partial charge on any atom is 0.409 e. The lowest BCUT2D eigenvalue weighted by Crippen LogP contribution is -2.63. The van der Waals surface area contributed by atoms with Gasteiger partial charge in [0.05, 0.1) is 30.6 Å². The van der Waals surface area contributed by atoms with Gasteiger partial charge in [-0.1, -0.05) is 54.5 Å². The highest BCUT2D eigenvalue weighted by Gasteiger charge is 2.64. The number of ether oxygens (including phenoxy) is 5. The summed E-state index contributed by atoms with van der Waals surface area (Å²) in [5.41, 5.74) is 0.0139. The maximum atomic E-state index is 14.4. The van der Waals surface area contributed by atoms with Crippen molar-refractivity contribution in [2.24, 2.45) is 5.92 Å². The van der Waals surface area contributed by atoms with Crippen molar-refractivity contribution < 1.29 is 71.9 Å². The molecule has 0 spiro atoms. The number of methoxy groups -OCH3 is 2. The van der Waals surface area contributed by atoms with E-state index in [0.717, 1.165) is 33.4 Å². The summed E-state index contributed by atoms with van der Waals surface area (Å²) in [5.74, 6) is -2.81. The standard InChI is InChI=1S/C53H65ClN4O15S/c1-30-11-9-13-42(70-8)53(68)27-40(71-51(67)55-53)31(2)48-52(4,73-48)43(26-45(63)57(6)38-23-34(21-30)24-39(69-7)47(38)54)72-50(66)32(3)56(5)44(62)18-20-74-41-25-46(64)58(49(41)65)19-10-12-37(61)17-15-33-14-16-35(28-59)36(22-33)29-60/h9,11,13-14,16,22-24,28-29,31-32,40-43,48,68H,10,12,15,17-21,25-27H2,1-8H3,(H,55,67)/b13-9+,30-11+/t31?,32-,40?,41?,42?,43-,48?,52?,53?/m0/s1. The van der Waals surface area contributed by atoms with Crippen LogP contribution in [0.4, 0.5) is 10.5 Å². The second-order valence-electron chi connectivity index (χ2n) is 19.4. The normalized spacial score (nSPS) is 27.7. The fourth-order valence-electron chi connectivity index (χ4n) is 9.53. The first kappa shape index (κ1) is 57.4. The minimum absolute atomic E-state index is 0.0619. The number of likely N-dealkylation sites (tertiary alicyclic amines) is 1. The number of ketones is 1. The van der Waals surface area contributed by atoms with Crippen molar-refractivity contribution in [2.45, 2.75) is 133 Å². The number of imide groups is 1. The van der Waals surface area contributed by atoms with Crippen LogP contribution >= 0.6 is 23.4 Å². The molecule has 74 heavy (non-hydrogen) atoms. The highest BCUT2D eigenvalue weighted by Crippen LogP contribution is 2.49. The smallest absolute Gasteiger partial charge is 0.409 e. The number of aliphatic hydroxyl groups is 1. The lowest BCUT2D eigenvalue weighted by Gasteiger charge is -2.42. The molecule has 0 saturated carbocycles. The van der Waals surface area contributed by atoms with Crippen molar-refractivity contribution in [3.8, 4) is 5.75 Å². The van der Waals surface area contributed by atoms with Crippen LogP contribution in [0.25, 0.3) is 0 Å². The van der Waals surface area contributed by atoms with E-state index in [2.05, 4.69) is 5.32 Å². The number of nitrogens with zero attached hydrogens (tertiary/aromatic N) is 3. The number of Topliss-reactive ketones (excluding diaryl/α,β-unsaturated/α-hetero) is 1. The third-order valence-electron chi connectivity index (χ3n) is 14.3. The summed E-state index contributed by atoms with van der Waals surface area (Å²) >= 11 is 7.95. The number of rotatable bonds is 18. The Balaban J connectivity index is 1.09. The lowest BCUT2D eigenvalue weighted by atomic mass is 9.83. The molecule has 3 fully saturated rings. The van der Waals surface area contributed by atoms with Crippen molar-refractivity contribution in [1.29, 1.82) is 0 Å². The highest BCUT2D eigenvalue weighted by atomic mass is 35.5. The molecule has 4 aliphatic heterocycles. The Morgan fingerprint density at radius 2 is 1.77 bits per heavy atom. The first-order valence-corrected chi connectivity index (χ1v) is 25.9. The molecule has 9 atom stereocenters. The van der Waals surface area contributed by atoms with Crippen LogP contribution in [-0.4, -0.2) is 157 Å². The van der Waals surface area contributed by atoms with Gasteiger partial charge in [-0.25, -0.2) is 9.59 Å². The molecule has 2 aromatic carbocycles. The summed E-state index contributed by atoms with van der Waals surface area (Å²) < 4.78 is 29.4. The molecule has 3 saturated heterocycles. The first-order chi connectivity index (χ1) is 35.1. The van der Waals surface area contributed by atoms with E-state index >= 15 is 0 Å². The number of halogens is 1. The number of epoxide rings is 1. The number of nitrogens with one attached hydrogen (secondary N) is 1. The number of aldehydes is 2. The minimum Gasteiger partial charge on any atom is -0.495 e. The molecule has 5 amide bonds. The van der Waals surface area contributed by atoms with E-state index in [1.165, 1.54) is 51.1 Å². The van der Waals surface area contributed by atoms with Gasteiger partial charge in [0.25, 0.3) is 0 Å². The van der Waals surface area contributed by atoms with E-state index in [9.17, 15) is 48.3 Å². The van der Waals surface area contributed by atoms with Crippen molar-refractivity contribution in [3.05, 3.63) is 81.4 Å². The number of allylic oxidation sites excluding steroid dienone is 3. The van der Waals surface area contributed by atoms with Crippen LogP contribution in [0.1, 0.15) is 104 Å². The summed E-state index contributed by atoms with van der Waals surface area (Å²) in [5, 5.41) is 13.8. The Hall–Kier alpha value is -5.93. The summed E-state index contributed by atoms with van der Waals surface area (Å²) in [7, 11) is 5.83. The minimum atomic E-state index is -1.89. The monoisotopic (exact) mass is 1060 g/mol. The summed E-state index contributed by atoms with van der Waals surface area (Å²) in [6.07, 6.45) is 2.25. The van der Waals surface area contributed by atoms with E-state index in [-0.39, 0.29) is 78.7 Å². The SMILES string of the molecule is COc1cc2cc(c1Cl)N(C)C(=O)C[C@H](OC(=O)[C@H](C)N(C)C(=O)CCSC1CC(=O)N(CCCC(=O)CCc3ccc(C=O)c(C=O)c3)C1=O)C1(C)OC1C(C)C1CC(O)(NC(=O)O1)C(OC)/C=C/C=C(\C)C2. The van der Waals surface area contributed by atoms with Crippen LogP contribution in [0.15, 0.2) is 54.1 Å². The summed E-state index contributed by atoms with van der Waals surface area (Å²) in [6, 6.07) is 7.14. The Morgan fingerprint density at radius 1 is 1.04 bits per heavy atom.